The maximum absolute atomic E-state index is 11.7. The molecule has 25 heavy (non-hydrogen) atoms. The molecule has 128 valence electrons. The molecule has 3 aromatic rings. The normalized spacial score (nSPS) is 10.5. The number of carboxylic acids is 1. The number of hydrogen-bond acceptors (Lipinski definition) is 4. The summed E-state index contributed by atoms with van der Waals surface area (Å²) in [4.78, 5) is 11.7. The molecule has 0 radical (unpaired) electrons. The zero-order valence-corrected chi connectivity index (χ0v) is 14.0. The van der Waals surface area contributed by atoms with Crippen LogP contribution in [0, 0.1) is 0 Å². The Morgan fingerprint density at radius 2 is 1.88 bits per heavy atom. The maximum Gasteiger partial charge on any atom is 0.339 e. The highest BCUT2D eigenvalue weighted by Crippen LogP contribution is 2.34. The topological polar surface area (TPSA) is 73.6 Å². The summed E-state index contributed by atoms with van der Waals surface area (Å²) in [5, 5.41) is 14.1. The van der Waals surface area contributed by atoms with Crippen LogP contribution in [-0.4, -0.2) is 35.1 Å². The number of aromatic nitrogens is 2. The Bertz CT molecular complexity index is 888. The van der Waals surface area contributed by atoms with Crippen LogP contribution in [0.5, 0.6) is 11.5 Å². The van der Waals surface area contributed by atoms with Gasteiger partial charge < -0.3 is 14.6 Å². The van der Waals surface area contributed by atoms with E-state index >= 15 is 0 Å². The summed E-state index contributed by atoms with van der Waals surface area (Å²) in [7, 11) is 3.09. The summed E-state index contributed by atoms with van der Waals surface area (Å²) < 4.78 is 12.2. The third-order valence-electron chi connectivity index (χ3n) is 3.84. The summed E-state index contributed by atoms with van der Waals surface area (Å²) in [6.07, 6.45) is 1.53. The molecule has 2 aromatic carbocycles. The Kier molecular flexibility index (Phi) is 4.70. The molecule has 0 aliphatic carbocycles. The number of hydrogen-bond donors (Lipinski definition) is 1. The highest BCUT2D eigenvalue weighted by Gasteiger charge is 2.21. The Morgan fingerprint density at radius 1 is 1.12 bits per heavy atom. The molecular weight excluding hydrogens is 320 g/mol. The van der Waals surface area contributed by atoms with Crippen molar-refractivity contribution in [2.45, 2.75) is 6.54 Å². The first kappa shape index (κ1) is 16.6. The Hall–Kier alpha value is -3.28. The van der Waals surface area contributed by atoms with Crippen LogP contribution in [0.25, 0.3) is 11.3 Å². The maximum atomic E-state index is 11.7. The summed E-state index contributed by atoms with van der Waals surface area (Å²) in [5.74, 6) is 0.0946. The van der Waals surface area contributed by atoms with Gasteiger partial charge in [0.15, 0.2) is 0 Å². The van der Waals surface area contributed by atoms with Crippen molar-refractivity contribution in [1.82, 2.24) is 9.78 Å². The fourth-order valence-corrected chi connectivity index (χ4v) is 2.63. The number of ether oxygens (including phenoxy) is 2. The molecule has 0 amide bonds. The number of benzene rings is 2. The molecule has 6 heteroatoms. The molecule has 3 rings (SSSR count). The molecule has 0 saturated carbocycles. The van der Waals surface area contributed by atoms with E-state index in [1.165, 1.54) is 13.3 Å². The van der Waals surface area contributed by atoms with E-state index in [0.29, 0.717) is 29.3 Å². The Labute approximate surface area is 145 Å². The molecule has 1 heterocycles. The first-order valence-corrected chi connectivity index (χ1v) is 7.69. The third-order valence-corrected chi connectivity index (χ3v) is 3.84. The lowest BCUT2D eigenvalue weighted by Crippen LogP contribution is -2.00. The van der Waals surface area contributed by atoms with Gasteiger partial charge in [0.25, 0.3) is 0 Å². The van der Waals surface area contributed by atoms with Crippen molar-refractivity contribution in [3.05, 3.63) is 65.9 Å². The van der Waals surface area contributed by atoms with Crippen LogP contribution in [0.15, 0.2) is 54.7 Å². The standard InChI is InChI=1S/C19H18N2O4/c1-24-14-8-9-17(25-2)15(10-14)18-16(19(22)23)12-21(20-18)11-13-6-4-3-5-7-13/h3-10,12H,11H2,1-2H3,(H,22,23). The molecule has 0 saturated heterocycles. The SMILES string of the molecule is COc1ccc(OC)c(-c2nn(Cc3ccccc3)cc2C(=O)O)c1. The predicted octanol–water partition coefficient (Wildman–Crippen LogP) is 3.31. The monoisotopic (exact) mass is 338 g/mol. The molecule has 0 aliphatic heterocycles. The van der Waals surface area contributed by atoms with Crippen LogP contribution in [0.2, 0.25) is 0 Å². The van der Waals surface area contributed by atoms with Gasteiger partial charge in [0.1, 0.15) is 22.8 Å². The number of carboxylic acid groups (broad SMARTS) is 1. The quantitative estimate of drug-likeness (QED) is 0.746. The van der Waals surface area contributed by atoms with Crippen LogP contribution >= 0.6 is 0 Å². The van der Waals surface area contributed by atoms with Crippen molar-refractivity contribution in [2.75, 3.05) is 14.2 Å². The van der Waals surface area contributed by atoms with E-state index in [4.69, 9.17) is 9.47 Å². The van der Waals surface area contributed by atoms with Gasteiger partial charge in [-0.3, -0.25) is 4.68 Å². The fraction of sp³-hybridized carbons (Fsp3) is 0.158. The lowest BCUT2D eigenvalue weighted by Gasteiger charge is -2.09. The number of nitrogens with zero attached hydrogens (tertiary/aromatic N) is 2. The minimum absolute atomic E-state index is 0.113. The average Bonchev–Trinajstić information content (AvgIpc) is 3.06. The number of aromatic carboxylic acids is 1. The lowest BCUT2D eigenvalue weighted by atomic mass is 10.1. The van der Waals surface area contributed by atoms with E-state index < -0.39 is 5.97 Å². The molecule has 0 unspecified atom stereocenters. The first-order valence-electron chi connectivity index (χ1n) is 7.69. The molecule has 0 atom stereocenters. The van der Waals surface area contributed by atoms with E-state index in [1.807, 2.05) is 30.3 Å². The Balaban J connectivity index is 2.08. The molecule has 0 fully saturated rings. The van der Waals surface area contributed by atoms with Gasteiger partial charge in [0.2, 0.25) is 0 Å². The molecule has 1 aromatic heterocycles. The van der Waals surface area contributed by atoms with Gasteiger partial charge in [0.05, 0.1) is 20.8 Å². The minimum Gasteiger partial charge on any atom is -0.497 e. The minimum atomic E-state index is -1.04. The smallest absolute Gasteiger partial charge is 0.339 e. The van der Waals surface area contributed by atoms with Gasteiger partial charge in [-0.2, -0.15) is 5.10 Å². The van der Waals surface area contributed by atoms with Gasteiger partial charge in [-0.15, -0.1) is 0 Å². The van der Waals surface area contributed by atoms with Gasteiger partial charge in [-0.1, -0.05) is 30.3 Å². The zero-order valence-electron chi connectivity index (χ0n) is 14.0. The van der Waals surface area contributed by atoms with Gasteiger partial charge in [-0.25, -0.2) is 4.79 Å². The average molecular weight is 338 g/mol. The van der Waals surface area contributed by atoms with E-state index in [0.717, 1.165) is 5.56 Å². The van der Waals surface area contributed by atoms with Crippen LogP contribution in [0.4, 0.5) is 0 Å². The number of rotatable bonds is 6. The second-order valence-corrected chi connectivity index (χ2v) is 5.45. The predicted molar refractivity (Wildman–Crippen MR) is 93.3 cm³/mol. The molecule has 0 spiro atoms. The van der Waals surface area contributed by atoms with Crippen molar-refractivity contribution >= 4 is 5.97 Å². The summed E-state index contributed by atoms with van der Waals surface area (Å²) in [6, 6.07) is 14.9. The van der Waals surface area contributed by atoms with Crippen molar-refractivity contribution in [2.24, 2.45) is 0 Å². The molecule has 0 bridgehead atoms. The molecule has 0 aliphatic rings. The lowest BCUT2D eigenvalue weighted by molar-refractivity contribution is 0.0697. The summed E-state index contributed by atoms with van der Waals surface area (Å²) in [6.45, 7) is 0.480. The largest absolute Gasteiger partial charge is 0.497 e. The van der Waals surface area contributed by atoms with Gasteiger partial charge in [0, 0.05) is 11.8 Å². The molecule has 1 N–H and O–H groups in total. The van der Waals surface area contributed by atoms with Crippen LogP contribution in [0.3, 0.4) is 0 Å². The molecule has 6 nitrogen and oxygen atoms in total. The van der Waals surface area contributed by atoms with Crippen molar-refractivity contribution < 1.29 is 19.4 Å². The van der Waals surface area contributed by atoms with Crippen LogP contribution in [0.1, 0.15) is 15.9 Å². The van der Waals surface area contributed by atoms with Crippen LogP contribution < -0.4 is 9.47 Å². The third kappa shape index (κ3) is 3.47. The van der Waals surface area contributed by atoms with E-state index in [2.05, 4.69) is 5.10 Å². The second kappa shape index (κ2) is 7.09. The summed E-state index contributed by atoms with van der Waals surface area (Å²) in [5.41, 5.74) is 2.07. The van der Waals surface area contributed by atoms with Crippen molar-refractivity contribution in [3.63, 3.8) is 0 Å². The first-order chi connectivity index (χ1) is 12.1. The fourth-order valence-electron chi connectivity index (χ4n) is 2.63. The van der Waals surface area contributed by atoms with Gasteiger partial charge >= 0.3 is 5.97 Å². The van der Waals surface area contributed by atoms with Crippen molar-refractivity contribution in [3.8, 4) is 22.8 Å². The van der Waals surface area contributed by atoms with E-state index in [9.17, 15) is 9.90 Å². The second-order valence-electron chi connectivity index (χ2n) is 5.45. The van der Waals surface area contributed by atoms with E-state index in [1.54, 1.807) is 30.0 Å². The molecular formula is C19H18N2O4. The number of carbonyl (C=O) groups is 1. The van der Waals surface area contributed by atoms with Gasteiger partial charge in [-0.05, 0) is 23.8 Å². The number of methoxy groups -OCH3 is 2. The summed E-state index contributed by atoms with van der Waals surface area (Å²) >= 11 is 0. The highest BCUT2D eigenvalue weighted by atomic mass is 16.5. The van der Waals surface area contributed by atoms with Crippen LogP contribution in [-0.2, 0) is 6.54 Å². The van der Waals surface area contributed by atoms with Crippen molar-refractivity contribution in [1.29, 1.82) is 0 Å². The van der Waals surface area contributed by atoms with E-state index in [-0.39, 0.29) is 5.56 Å². The zero-order chi connectivity index (χ0) is 17.8. The Morgan fingerprint density at radius 3 is 2.52 bits per heavy atom. The highest BCUT2D eigenvalue weighted by molar-refractivity contribution is 5.95.